The zero-order valence-electron chi connectivity index (χ0n) is 25.4. The summed E-state index contributed by atoms with van der Waals surface area (Å²) in [6.45, 7) is 10.9. The van der Waals surface area contributed by atoms with E-state index in [1.165, 1.54) is 37.7 Å². The summed E-state index contributed by atoms with van der Waals surface area (Å²) in [4.78, 5) is 27.3. The second-order valence-electron chi connectivity index (χ2n) is 14.6. The standard InChI is InChI=1S/C35H54N2O2/c1-24(14-17-31(38)36-22-10-9-13-26-11-7-6-8-12-26)27-15-16-28-33-25(2)23-30-35(4,21-19-32(39)37(30)5)29(33)18-20-34(27,28)3/h6-8,11-12,24-25,27-30,33H,9-10,13-23H2,1-5H3,(H,36,38)/t24-,25?,27-,28+,29+,30-,33+,34-,35-/m1/s1. The van der Waals surface area contributed by atoms with Gasteiger partial charge in [-0.1, -0.05) is 58.0 Å². The number of carbonyl (C=O) groups is 2. The highest BCUT2D eigenvalue weighted by molar-refractivity contribution is 5.77. The van der Waals surface area contributed by atoms with Crippen LogP contribution >= 0.6 is 0 Å². The molecule has 9 atom stereocenters. The van der Waals surface area contributed by atoms with Crippen molar-refractivity contribution >= 4 is 11.8 Å². The molecule has 4 heteroatoms. The van der Waals surface area contributed by atoms with E-state index in [2.05, 4.69) is 75.3 Å². The molecule has 39 heavy (non-hydrogen) atoms. The van der Waals surface area contributed by atoms with Crippen LogP contribution in [0.4, 0.5) is 0 Å². The van der Waals surface area contributed by atoms with Gasteiger partial charge in [0, 0.05) is 32.5 Å². The summed E-state index contributed by atoms with van der Waals surface area (Å²) < 4.78 is 0. The van der Waals surface area contributed by atoms with Crippen LogP contribution in [0.3, 0.4) is 0 Å². The molecule has 0 radical (unpaired) electrons. The smallest absolute Gasteiger partial charge is 0.222 e. The Morgan fingerprint density at radius 3 is 2.56 bits per heavy atom. The van der Waals surface area contributed by atoms with Crippen molar-refractivity contribution in [3.63, 3.8) is 0 Å². The van der Waals surface area contributed by atoms with Crippen LogP contribution in [0.1, 0.15) is 104 Å². The first-order valence-electron chi connectivity index (χ1n) is 16.2. The van der Waals surface area contributed by atoms with Crippen LogP contribution in [0.5, 0.6) is 0 Å². The van der Waals surface area contributed by atoms with Gasteiger partial charge in [-0.05, 0) is 116 Å². The number of unbranched alkanes of at least 4 members (excludes halogenated alkanes) is 1. The van der Waals surface area contributed by atoms with Gasteiger partial charge in [-0.3, -0.25) is 9.59 Å². The Balaban J connectivity index is 1.12. The van der Waals surface area contributed by atoms with E-state index in [1.807, 2.05) is 0 Å². The van der Waals surface area contributed by atoms with Gasteiger partial charge in [0.15, 0.2) is 0 Å². The van der Waals surface area contributed by atoms with Crippen molar-refractivity contribution in [1.29, 1.82) is 0 Å². The maximum absolute atomic E-state index is 12.7. The average Bonchev–Trinajstić information content (AvgIpc) is 3.28. The van der Waals surface area contributed by atoms with E-state index < -0.39 is 0 Å². The van der Waals surface area contributed by atoms with E-state index in [0.717, 1.165) is 68.7 Å². The number of hydrogen-bond donors (Lipinski definition) is 1. The molecule has 1 aromatic rings. The molecule has 1 saturated heterocycles. The highest BCUT2D eigenvalue weighted by Gasteiger charge is 2.63. The predicted octanol–water partition coefficient (Wildman–Crippen LogP) is 7.27. The lowest BCUT2D eigenvalue weighted by atomic mass is 9.44. The summed E-state index contributed by atoms with van der Waals surface area (Å²) in [5, 5.41) is 3.19. The van der Waals surface area contributed by atoms with Crippen LogP contribution in [-0.4, -0.2) is 36.3 Å². The quantitative estimate of drug-likeness (QED) is 0.339. The number of nitrogens with zero attached hydrogens (tertiary/aromatic N) is 1. The molecule has 1 aromatic carbocycles. The van der Waals surface area contributed by atoms with E-state index in [0.29, 0.717) is 35.6 Å². The molecular formula is C35H54N2O2. The summed E-state index contributed by atoms with van der Waals surface area (Å²) in [5.41, 5.74) is 2.07. The Hall–Kier alpha value is -1.84. The minimum Gasteiger partial charge on any atom is -0.356 e. The fraction of sp³-hybridized carbons (Fsp3) is 0.771. The highest BCUT2D eigenvalue weighted by Crippen LogP contribution is 2.68. The second-order valence-corrected chi connectivity index (χ2v) is 14.6. The minimum absolute atomic E-state index is 0.237. The van der Waals surface area contributed by atoms with Gasteiger partial charge in [0.25, 0.3) is 0 Å². The molecule has 4 nitrogen and oxygen atoms in total. The van der Waals surface area contributed by atoms with Crippen LogP contribution in [0.2, 0.25) is 0 Å². The summed E-state index contributed by atoms with van der Waals surface area (Å²) in [5.74, 6) is 4.96. The topological polar surface area (TPSA) is 49.4 Å². The minimum atomic E-state index is 0.237. The van der Waals surface area contributed by atoms with Gasteiger partial charge in [0.1, 0.15) is 0 Å². The number of carbonyl (C=O) groups excluding carboxylic acids is 2. The molecule has 4 fully saturated rings. The van der Waals surface area contributed by atoms with Gasteiger partial charge in [0.05, 0.1) is 0 Å². The van der Waals surface area contributed by atoms with Crippen LogP contribution in [0.15, 0.2) is 30.3 Å². The van der Waals surface area contributed by atoms with E-state index in [-0.39, 0.29) is 11.3 Å². The normalized spacial score (nSPS) is 38.5. The molecule has 1 aliphatic heterocycles. The van der Waals surface area contributed by atoms with E-state index in [9.17, 15) is 9.59 Å². The lowest BCUT2D eigenvalue weighted by molar-refractivity contribution is -0.167. The molecule has 1 heterocycles. The van der Waals surface area contributed by atoms with E-state index >= 15 is 0 Å². The number of nitrogens with one attached hydrogen (secondary N) is 1. The Kier molecular flexibility index (Phi) is 8.51. The van der Waals surface area contributed by atoms with Crippen molar-refractivity contribution in [3.05, 3.63) is 35.9 Å². The fourth-order valence-corrected chi connectivity index (χ4v) is 10.4. The summed E-state index contributed by atoms with van der Waals surface area (Å²) in [6.07, 6.45) is 13.3. The third kappa shape index (κ3) is 5.43. The molecule has 1 unspecified atom stereocenters. The first kappa shape index (κ1) is 28.7. The molecule has 2 amide bonds. The lowest BCUT2D eigenvalue weighted by Gasteiger charge is -2.64. The summed E-state index contributed by atoms with van der Waals surface area (Å²) in [6, 6.07) is 11.0. The summed E-state index contributed by atoms with van der Waals surface area (Å²) >= 11 is 0. The number of hydrogen-bond acceptors (Lipinski definition) is 2. The van der Waals surface area contributed by atoms with Crippen molar-refractivity contribution < 1.29 is 9.59 Å². The van der Waals surface area contributed by atoms with Crippen molar-refractivity contribution in [2.75, 3.05) is 13.6 Å². The van der Waals surface area contributed by atoms with Gasteiger partial charge in [0.2, 0.25) is 11.8 Å². The zero-order valence-corrected chi connectivity index (χ0v) is 25.4. The largest absolute Gasteiger partial charge is 0.356 e. The van der Waals surface area contributed by atoms with Crippen LogP contribution in [-0.2, 0) is 16.0 Å². The number of piperidine rings is 1. The number of rotatable bonds is 9. The maximum atomic E-state index is 12.7. The molecule has 4 aliphatic rings. The van der Waals surface area contributed by atoms with Crippen molar-refractivity contribution in [2.24, 2.45) is 46.3 Å². The monoisotopic (exact) mass is 534 g/mol. The van der Waals surface area contributed by atoms with Gasteiger partial charge in [-0.2, -0.15) is 0 Å². The second kappa shape index (κ2) is 11.6. The predicted molar refractivity (Wildman–Crippen MR) is 159 cm³/mol. The summed E-state index contributed by atoms with van der Waals surface area (Å²) in [7, 11) is 2.07. The molecule has 216 valence electrons. The van der Waals surface area contributed by atoms with Crippen molar-refractivity contribution in [1.82, 2.24) is 10.2 Å². The number of likely N-dealkylation sites (tertiary alicyclic amines) is 1. The molecule has 3 aliphatic carbocycles. The van der Waals surface area contributed by atoms with Gasteiger partial charge in [-0.15, -0.1) is 0 Å². The fourth-order valence-electron chi connectivity index (χ4n) is 10.4. The van der Waals surface area contributed by atoms with Crippen LogP contribution < -0.4 is 5.32 Å². The molecule has 5 rings (SSSR count). The molecular weight excluding hydrogens is 480 g/mol. The Morgan fingerprint density at radius 2 is 1.79 bits per heavy atom. The molecule has 0 aromatic heterocycles. The zero-order chi connectivity index (χ0) is 27.8. The van der Waals surface area contributed by atoms with Crippen molar-refractivity contribution in [2.45, 2.75) is 111 Å². The number of amides is 2. The maximum Gasteiger partial charge on any atom is 0.222 e. The number of aryl methyl sites for hydroxylation is 1. The Labute approximate surface area is 238 Å². The highest BCUT2D eigenvalue weighted by atomic mass is 16.2. The Morgan fingerprint density at radius 1 is 1.05 bits per heavy atom. The number of benzene rings is 1. The molecule has 1 N–H and O–H groups in total. The van der Waals surface area contributed by atoms with E-state index in [4.69, 9.17) is 0 Å². The molecule has 0 spiro atoms. The van der Waals surface area contributed by atoms with Crippen molar-refractivity contribution in [3.8, 4) is 0 Å². The van der Waals surface area contributed by atoms with E-state index in [1.54, 1.807) is 0 Å². The molecule has 0 bridgehead atoms. The van der Waals surface area contributed by atoms with Gasteiger partial charge >= 0.3 is 0 Å². The first-order chi connectivity index (χ1) is 18.6. The number of fused-ring (bicyclic) bond motifs is 5. The van der Waals surface area contributed by atoms with Crippen LogP contribution in [0, 0.1) is 46.3 Å². The third-order valence-electron chi connectivity index (χ3n) is 12.6. The van der Waals surface area contributed by atoms with Crippen LogP contribution in [0.25, 0.3) is 0 Å². The van der Waals surface area contributed by atoms with Gasteiger partial charge in [-0.25, -0.2) is 0 Å². The average molecular weight is 535 g/mol. The Bertz CT molecular complexity index is 1010. The first-order valence-corrected chi connectivity index (χ1v) is 16.2. The molecule has 3 saturated carbocycles. The lowest BCUT2D eigenvalue weighted by Crippen LogP contribution is -2.63. The SMILES string of the molecule is CC1C[C@H]2N(C)C(=O)CC[C@]2(C)[C@H]2CC[C@]3(C)[C@@H]([C@H](C)CCC(=O)NCCCCc4ccccc4)CC[C@H]3[C@H]12. The third-order valence-corrected chi connectivity index (χ3v) is 12.6. The van der Waals surface area contributed by atoms with Gasteiger partial charge < -0.3 is 10.2 Å².